The highest BCUT2D eigenvalue weighted by atomic mass is 16.7. The highest BCUT2D eigenvalue weighted by Crippen LogP contribution is 2.53. The number of nitrogens with two attached hydrogens (primary N) is 1. The highest BCUT2D eigenvalue weighted by molar-refractivity contribution is 6.25. The quantitative estimate of drug-likeness (QED) is 0.125. The van der Waals surface area contributed by atoms with Gasteiger partial charge in [0.05, 0.1) is 30.5 Å². The van der Waals surface area contributed by atoms with Crippen molar-refractivity contribution in [3.8, 4) is 5.75 Å². The van der Waals surface area contributed by atoms with E-state index in [1.807, 2.05) is 41.5 Å². The van der Waals surface area contributed by atoms with Crippen molar-refractivity contribution in [2.75, 3.05) is 46.4 Å². The van der Waals surface area contributed by atoms with E-state index < -0.39 is 94.0 Å². The normalized spacial score (nSPS) is 24.6. The number of aliphatic hydroxyl groups is 2. The SMILES string of the molecule is CN(C)c1cc(CN(CC(C)(C)C)C(=O)OCOC(=O)CC(C)(C)C)c(O)c2c1CC1CC3[C@H](N(C)C)C(=O)C(C(N)=O)=C(O)[C@@]3(O)C(=O)C1C2=O. The molecular formula is C37H52N4O11. The standard InChI is InChI=1S/C37H52N4O11/c1-35(2,3)14-23(42)51-17-52-34(49)41(16-36(4,5)6)15-19-13-22(39(7)8)20-11-18-12-21-27(40(9)10)30(45)26(33(38)48)32(47)37(21,50)31(46)24(18)29(44)25(20)28(19)43/h13,18,21,24,27,43,47,50H,11-12,14-17H2,1-10H3,(H2,38,48)/t18?,21?,24?,27-,37-/m0/s1. The van der Waals surface area contributed by atoms with Gasteiger partial charge in [0.1, 0.15) is 17.1 Å². The van der Waals surface area contributed by atoms with Gasteiger partial charge in [0.2, 0.25) is 6.79 Å². The Hall–Kier alpha value is -4.50. The molecule has 0 saturated heterocycles. The Bertz CT molecular complexity index is 1720. The second-order valence-corrected chi connectivity index (χ2v) is 17.0. The molecule has 3 unspecified atom stereocenters. The summed E-state index contributed by atoms with van der Waals surface area (Å²) in [6.07, 6.45) is -0.678. The molecule has 4 rings (SSSR count). The minimum Gasteiger partial charge on any atom is -0.508 e. The Balaban J connectivity index is 1.76. The van der Waals surface area contributed by atoms with Crippen LogP contribution < -0.4 is 10.6 Å². The zero-order chi connectivity index (χ0) is 39.4. The van der Waals surface area contributed by atoms with Crippen molar-refractivity contribution < 1.29 is 53.6 Å². The van der Waals surface area contributed by atoms with E-state index in [-0.39, 0.29) is 48.9 Å². The number of aromatic hydroxyl groups is 1. The number of ether oxygens (including phenoxy) is 2. The molecule has 5 atom stereocenters. The van der Waals surface area contributed by atoms with Crippen LogP contribution in [0.5, 0.6) is 5.75 Å². The molecular weight excluding hydrogens is 676 g/mol. The fourth-order valence-electron chi connectivity index (χ4n) is 7.77. The summed E-state index contributed by atoms with van der Waals surface area (Å²) in [6, 6.07) is 0.444. The monoisotopic (exact) mass is 728 g/mol. The first-order chi connectivity index (χ1) is 23.8. The van der Waals surface area contributed by atoms with Crippen LogP contribution in [0.3, 0.4) is 0 Å². The molecule has 2 amide bonds. The number of hydrogen-bond acceptors (Lipinski definition) is 13. The average Bonchev–Trinajstić information content (AvgIpc) is 2.97. The van der Waals surface area contributed by atoms with Crippen LogP contribution in [0.4, 0.5) is 10.5 Å². The molecule has 1 aromatic rings. The third-order valence-corrected chi connectivity index (χ3v) is 9.82. The van der Waals surface area contributed by atoms with Gasteiger partial charge in [-0.15, -0.1) is 0 Å². The number of benzene rings is 1. The van der Waals surface area contributed by atoms with Gasteiger partial charge < -0.3 is 40.3 Å². The van der Waals surface area contributed by atoms with Gasteiger partial charge in [0, 0.05) is 37.8 Å². The molecule has 0 aliphatic heterocycles. The van der Waals surface area contributed by atoms with E-state index in [0.717, 1.165) is 0 Å². The van der Waals surface area contributed by atoms with Gasteiger partial charge in [-0.25, -0.2) is 4.79 Å². The van der Waals surface area contributed by atoms with Gasteiger partial charge in [0.15, 0.2) is 23.0 Å². The molecule has 5 N–H and O–H groups in total. The summed E-state index contributed by atoms with van der Waals surface area (Å²) in [4.78, 5) is 84.5. The number of phenolic OH excluding ortho intramolecular Hbond substituents is 1. The molecule has 0 spiro atoms. The predicted octanol–water partition coefficient (Wildman–Crippen LogP) is 2.48. The van der Waals surface area contributed by atoms with E-state index in [1.54, 1.807) is 25.1 Å². The van der Waals surface area contributed by atoms with E-state index in [9.17, 15) is 44.1 Å². The first-order valence-electron chi connectivity index (χ1n) is 17.2. The number of nitrogens with zero attached hydrogens (tertiary/aromatic N) is 3. The number of amides is 2. The van der Waals surface area contributed by atoms with E-state index in [2.05, 4.69) is 0 Å². The number of anilines is 1. The molecule has 286 valence electrons. The molecule has 15 heteroatoms. The van der Waals surface area contributed by atoms with Crippen molar-refractivity contribution in [1.29, 1.82) is 0 Å². The first-order valence-corrected chi connectivity index (χ1v) is 17.2. The lowest BCUT2D eigenvalue weighted by molar-refractivity contribution is -0.163. The second kappa shape index (κ2) is 14.1. The largest absolute Gasteiger partial charge is 0.508 e. The lowest BCUT2D eigenvalue weighted by Gasteiger charge is -2.52. The lowest BCUT2D eigenvalue weighted by Crippen LogP contribution is -2.68. The van der Waals surface area contributed by atoms with Crippen LogP contribution >= 0.6 is 0 Å². The van der Waals surface area contributed by atoms with Gasteiger partial charge in [0.25, 0.3) is 5.91 Å². The summed E-state index contributed by atoms with van der Waals surface area (Å²) in [7, 11) is 6.54. The minimum atomic E-state index is -2.78. The lowest BCUT2D eigenvalue weighted by atomic mass is 9.54. The molecule has 0 radical (unpaired) electrons. The van der Waals surface area contributed by atoms with Crippen LogP contribution in [-0.2, 0) is 41.6 Å². The Morgan fingerprint density at radius 2 is 1.58 bits per heavy atom. The number of phenols is 1. The smallest absolute Gasteiger partial charge is 0.412 e. The Kier molecular flexibility index (Phi) is 11.0. The molecule has 3 aliphatic rings. The number of rotatable bonds is 9. The van der Waals surface area contributed by atoms with Gasteiger partial charge in [-0.1, -0.05) is 41.5 Å². The van der Waals surface area contributed by atoms with Crippen molar-refractivity contribution in [2.45, 2.75) is 79.0 Å². The number of carbonyl (C=O) groups is 6. The van der Waals surface area contributed by atoms with Crippen molar-refractivity contribution in [1.82, 2.24) is 9.80 Å². The Labute approximate surface area is 303 Å². The number of likely N-dealkylation sites (N-methyl/N-ethyl adjacent to an activating group) is 1. The summed E-state index contributed by atoms with van der Waals surface area (Å²) in [5, 5.41) is 34.8. The number of ketones is 3. The van der Waals surface area contributed by atoms with E-state index in [4.69, 9.17) is 15.2 Å². The van der Waals surface area contributed by atoms with Crippen LogP contribution in [0.2, 0.25) is 0 Å². The summed E-state index contributed by atoms with van der Waals surface area (Å²) in [6.45, 7) is 10.5. The fourth-order valence-corrected chi connectivity index (χ4v) is 7.77. The number of fused-ring (bicyclic) bond motifs is 3. The molecule has 1 aromatic carbocycles. The summed E-state index contributed by atoms with van der Waals surface area (Å²) in [5.74, 6) is -9.75. The molecule has 52 heavy (non-hydrogen) atoms. The number of hydrogen-bond donors (Lipinski definition) is 4. The number of aliphatic hydroxyl groups excluding tert-OH is 1. The highest BCUT2D eigenvalue weighted by Gasteiger charge is 2.66. The second-order valence-electron chi connectivity index (χ2n) is 17.0. The zero-order valence-corrected chi connectivity index (χ0v) is 31.7. The van der Waals surface area contributed by atoms with Crippen LogP contribution in [0.1, 0.15) is 75.9 Å². The van der Waals surface area contributed by atoms with Gasteiger partial charge in [-0.2, -0.15) is 0 Å². The van der Waals surface area contributed by atoms with Crippen molar-refractivity contribution in [3.63, 3.8) is 0 Å². The molecule has 0 heterocycles. The number of esters is 1. The topological polar surface area (TPSA) is 217 Å². The number of Topliss-reactive ketones (excluding diaryl/α,β-unsaturated/α-hetero) is 3. The predicted molar refractivity (Wildman–Crippen MR) is 188 cm³/mol. The third-order valence-electron chi connectivity index (χ3n) is 9.82. The Morgan fingerprint density at radius 1 is 0.962 bits per heavy atom. The molecule has 15 nitrogen and oxygen atoms in total. The van der Waals surface area contributed by atoms with Crippen LogP contribution in [0, 0.1) is 28.6 Å². The third kappa shape index (κ3) is 7.51. The maximum atomic E-state index is 14.4. The van der Waals surface area contributed by atoms with E-state index in [1.165, 1.54) is 23.9 Å². The van der Waals surface area contributed by atoms with Crippen molar-refractivity contribution in [2.24, 2.45) is 34.3 Å². The molecule has 0 bridgehead atoms. The van der Waals surface area contributed by atoms with E-state index >= 15 is 0 Å². The first kappa shape index (κ1) is 40.3. The van der Waals surface area contributed by atoms with Crippen molar-refractivity contribution in [3.05, 3.63) is 34.1 Å². The maximum Gasteiger partial charge on any atom is 0.412 e. The van der Waals surface area contributed by atoms with Gasteiger partial charge in [-0.05, 0) is 55.3 Å². The Morgan fingerprint density at radius 3 is 2.10 bits per heavy atom. The van der Waals surface area contributed by atoms with Crippen molar-refractivity contribution >= 4 is 41.0 Å². The zero-order valence-electron chi connectivity index (χ0n) is 31.7. The fraction of sp³-hybridized carbons (Fsp3) is 0.622. The number of primary amides is 1. The van der Waals surface area contributed by atoms with Crippen LogP contribution in [-0.4, -0.2) is 114 Å². The van der Waals surface area contributed by atoms with Crippen LogP contribution in [0.25, 0.3) is 0 Å². The molecule has 0 aromatic heterocycles. The average molecular weight is 729 g/mol. The molecule has 3 aliphatic carbocycles. The number of carbonyl (C=O) groups excluding carboxylic acids is 6. The summed E-state index contributed by atoms with van der Waals surface area (Å²) < 4.78 is 10.4. The maximum absolute atomic E-state index is 14.4. The molecule has 1 saturated carbocycles. The van der Waals surface area contributed by atoms with Crippen LogP contribution in [0.15, 0.2) is 17.4 Å². The summed E-state index contributed by atoms with van der Waals surface area (Å²) >= 11 is 0. The van der Waals surface area contributed by atoms with E-state index in [0.29, 0.717) is 11.3 Å². The molecule has 1 fully saturated rings. The summed E-state index contributed by atoms with van der Waals surface area (Å²) in [5.41, 5.74) is 1.92. The van der Waals surface area contributed by atoms with Gasteiger partial charge in [-0.3, -0.25) is 28.9 Å². The minimum absolute atomic E-state index is 0.0519. The van der Waals surface area contributed by atoms with Gasteiger partial charge >= 0.3 is 12.1 Å².